The predicted molar refractivity (Wildman–Crippen MR) is 112 cm³/mol. The number of nitrogens with one attached hydrogen (secondary N) is 2. The van der Waals surface area contributed by atoms with Crippen LogP contribution in [0.1, 0.15) is 30.6 Å². The van der Waals surface area contributed by atoms with Crippen LogP contribution in [0, 0.1) is 0 Å². The number of nitrogen functional groups attached to an aromatic ring is 1. The van der Waals surface area contributed by atoms with E-state index >= 15 is 0 Å². The Morgan fingerprint density at radius 2 is 1.96 bits per heavy atom. The predicted octanol–water partition coefficient (Wildman–Crippen LogP) is 3.63. The number of aliphatic hydroxyl groups is 1. The van der Waals surface area contributed by atoms with Crippen LogP contribution in [0.5, 0.6) is 0 Å². The zero-order valence-electron chi connectivity index (χ0n) is 14.7. The largest absolute Gasteiger partial charge is 0.387 e. The molecule has 0 bridgehead atoms. The molecular weight excluding hydrogens is 371 g/mol. The first-order valence-corrected chi connectivity index (χ1v) is 8.31. The summed E-state index contributed by atoms with van der Waals surface area (Å²) in [4.78, 5) is 7.32. The van der Waals surface area contributed by atoms with Gasteiger partial charge in [0.2, 0.25) is 0 Å². The van der Waals surface area contributed by atoms with Crippen LogP contribution in [0.4, 0.5) is 5.82 Å². The number of nitrogens with two attached hydrogens (primary N) is 1. The number of aromatic nitrogens is 2. The third-order valence-corrected chi connectivity index (χ3v) is 4.38. The van der Waals surface area contributed by atoms with Gasteiger partial charge in [-0.2, -0.15) is 0 Å². The number of benzene rings is 1. The minimum absolute atomic E-state index is 0. The van der Waals surface area contributed by atoms with E-state index in [-0.39, 0.29) is 24.8 Å². The molecule has 0 aliphatic heterocycles. The van der Waals surface area contributed by atoms with Crippen molar-refractivity contribution in [3.63, 3.8) is 0 Å². The number of hydrogen-bond acceptors (Lipinski definition) is 4. The van der Waals surface area contributed by atoms with Crippen molar-refractivity contribution >= 4 is 41.5 Å². The molecule has 3 rings (SSSR count). The highest BCUT2D eigenvalue weighted by Gasteiger charge is 2.11. The normalized spacial score (nSPS) is 12.8. The van der Waals surface area contributed by atoms with Gasteiger partial charge in [-0.1, -0.05) is 24.3 Å². The molecule has 5 N–H and O–H groups in total. The van der Waals surface area contributed by atoms with Gasteiger partial charge in [-0.3, -0.25) is 0 Å². The van der Waals surface area contributed by atoms with Crippen molar-refractivity contribution in [1.29, 1.82) is 0 Å². The summed E-state index contributed by atoms with van der Waals surface area (Å²) in [5.74, 6) is 0.464. The lowest BCUT2D eigenvalue weighted by Crippen LogP contribution is -2.30. The molecule has 0 amide bonds. The summed E-state index contributed by atoms with van der Waals surface area (Å²) in [6.45, 7) is 2.64. The number of aliphatic hydroxyl groups excluding tert-OH is 1. The average molecular weight is 397 g/mol. The van der Waals surface area contributed by atoms with Gasteiger partial charge in [-0.05, 0) is 37.5 Å². The summed E-state index contributed by atoms with van der Waals surface area (Å²) in [6, 6.07) is 12.2. The third-order valence-electron chi connectivity index (χ3n) is 4.38. The Morgan fingerprint density at radius 1 is 1.19 bits per heavy atom. The molecule has 7 heteroatoms. The van der Waals surface area contributed by atoms with Gasteiger partial charge < -0.3 is 21.1 Å². The highest BCUT2D eigenvalue weighted by molar-refractivity contribution is 5.85. The van der Waals surface area contributed by atoms with Gasteiger partial charge in [0, 0.05) is 41.4 Å². The summed E-state index contributed by atoms with van der Waals surface area (Å²) in [6.07, 6.45) is 5.14. The molecular formula is C19H26Cl2N4O. The lowest BCUT2D eigenvalue weighted by atomic mass is 10.0. The second-order valence-corrected chi connectivity index (χ2v) is 6.24. The van der Waals surface area contributed by atoms with E-state index in [2.05, 4.69) is 46.6 Å². The number of aromatic amines is 1. The summed E-state index contributed by atoms with van der Waals surface area (Å²) >= 11 is 0. The molecule has 2 unspecified atom stereocenters. The van der Waals surface area contributed by atoms with Crippen molar-refractivity contribution in [3.05, 3.63) is 59.9 Å². The lowest BCUT2D eigenvalue weighted by molar-refractivity contribution is 0.169. The van der Waals surface area contributed by atoms with Crippen LogP contribution in [0.2, 0.25) is 0 Å². The first kappa shape index (κ1) is 22.3. The van der Waals surface area contributed by atoms with Crippen molar-refractivity contribution in [2.45, 2.75) is 31.9 Å². The summed E-state index contributed by atoms with van der Waals surface area (Å²) in [7, 11) is 0. The molecule has 0 saturated carbocycles. The number of H-pyrrole nitrogens is 1. The number of halogens is 2. The van der Waals surface area contributed by atoms with Gasteiger partial charge in [-0.25, -0.2) is 4.98 Å². The van der Waals surface area contributed by atoms with E-state index < -0.39 is 6.10 Å². The van der Waals surface area contributed by atoms with Crippen molar-refractivity contribution in [2.75, 3.05) is 12.3 Å². The van der Waals surface area contributed by atoms with Crippen LogP contribution in [-0.2, 0) is 6.42 Å². The number of fused-ring (bicyclic) bond motifs is 1. The fourth-order valence-corrected chi connectivity index (χ4v) is 2.86. The molecule has 0 radical (unpaired) electrons. The Hall–Kier alpha value is -1.79. The number of hydrogen-bond donors (Lipinski definition) is 4. The van der Waals surface area contributed by atoms with E-state index in [0.717, 1.165) is 18.4 Å². The Labute approximate surface area is 166 Å². The van der Waals surface area contributed by atoms with E-state index in [1.165, 1.54) is 16.5 Å². The number of rotatable bonds is 7. The zero-order chi connectivity index (χ0) is 16.9. The van der Waals surface area contributed by atoms with Crippen molar-refractivity contribution in [1.82, 2.24) is 15.3 Å². The van der Waals surface area contributed by atoms with Crippen molar-refractivity contribution < 1.29 is 5.11 Å². The van der Waals surface area contributed by atoms with Gasteiger partial charge in [0.1, 0.15) is 5.82 Å². The Balaban J connectivity index is 0.00000169. The molecule has 1 aromatic carbocycles. The topological polar surface area (TPSA) is 87.0 Å². The SMILES string of the molecule is CC(CCc1c[nH]c2ccccc12)NCC(O)c1ccc(N)nc1.Cl.Cl. The zero-order valence-corrected chi connectivity index (χ0v) is 16.3. The summed E-state index contributed by atoms with van der Waals surface area (Å²) < 4.78 is 0. The summed E-state index contributed by atoms with van der Waals surface area (Å²) in [5, 5.41) is 14.9. The Bertz CT molecular complexity index is 792. The van der Waals surface area contributed by atoms with Crippen LogP contribution in [0.3, 0.4) is 0 Å². The lowest BCUT2D eigenvalue weighted by Gasteiger charge is -2.17. The van der Waals surface area contributed by atoms with Gasteiger partial charge in [0.25, 0.3) is 0 Å². The number of pyridine rings is 1. The molecule has 2 aromatic heterocycles. The minimum Gasteiger partial charge on any atom is -0.387 e. The first-order valence-electron chi connectivity index (χ1n) is 8.31. The van der Waals surface area contributed by atoms with E-state index in [1.54, 1.807) is 12.3 Å². The second kappa shape index (κ2) is 10.4. The third kappa shape index (κ3) is 5.61. The second-order valence-electron chi connectivity index (χ2n) is 6.24. The van der Waals surface area contributed by atoms with Crippen LogP contribution in [-0.4, -0.2) is 27.7 Å². The molecule has 5 nitrogen and oxygen atoms in total. The molecule has 0 spiro atoms. The maximum atomic E-state index is 10.2. The fourth-order valence-electron chi connectivity index (χ4n) is 2.86. The molecule has 26 heavy (non-hydrogen) atoms. The van der Waals surface area contributed by atoms with Crippen molar-refractivity contribution in [2.24, 2.45) is 0 Å². The molecule has 2 heterocycles. The van der Waals surface area contributed by atoms with E-state index in [1.807, 2.05) is 12.1 Å². The Morgan fingerprint density at radius 3 is 2.69 bits per heavy atom. The van der Waals surface area contributed by atoms with Crippen molar-refractivity contribution in [3.8, 4) is 0 Å². The highest BCUT2D eigenvalue weighted by Crippen LogP contribution is 2.19. The fraction of sp³-hybridized carbons (Fsp3) is 0.316. The van der Waals surface area contributed by atoms with E-state index in [4.69, 9.17) is 5.73 Å². The van der Waals surface area contributed by atoms with Crippen LogP contribution >= 0.6 is 24.8 Å². The van der Waals surface area contributed by atoms with Crippen LogP contribution < -0.4 is 11.1 Å². The minimum atomic E-state index is -0.575. The monoisotopic (exact) mass is 396 g/mol. The first-order chi connectivity index (χ1) is 11.6. The smallest absolute Gasteiger partial charge is 0.123 e. The number of anilines is 1. The van der Waals surface area contributed by atoms with Gasteiger partial charge in [-0.15, -0.1) is 24.8 Å². The van der Waals surface area contributed by atoms with Gasteiger partial charge in [0.15, 0.2) is 0 Å². The highest BCUT2D eigenvalue weighted by atomic mass is 35.5. The number of nitrogens with zero attached hydrogens (tertiary/aromatic N) is 1. The van der Waals surface area contributed by atoms with Crippen LogP contribution in [0.25, 0.3) is 10.9 Å². The maximum absolute atomic E-state index is 10.2. The quantitative estimate of drug-likeness (QED) is 0.490. The average Bonchev–Trinajstić information content (AvgIpc) is 3.01. The molecule has 0 saturated heterocycles. The standard InChI is InChI=1S/C19H24N4O.2ClH/c1-13(21-12-18(24)15-8-9-19(20)23-11-15)6-7-14-10-22-17-5-3-2-4-16(14)17;;/h2-5,8-11,13,18,21-22,24H,6-7,12H2,1H3,(H2,20,23);2*1H. The van der Waals surface area contributed by atoms with Crippen LogP contribution in [0.15, 0.2) is 48.8 Å². The van der Waals surface area contributed by atoms with Gasteiger partial charge in [0.05, 0.1) is 6.10 Å². The Kier molecular flexibility index (Phi) is 8.88. The molecule has 2 atom stereocenters. The maximum Gasteiger partial charge on any atom is 0.123 e. The summed E-state index contributed by atoms with van der Waals surface area (Å²) in [5.41, 5.74) is 8.86. The number of aryl methyl sites for hydroxylation is 1. The molecule has 0 aliphatic carbocycles. The molecule has 142 valence electrons. The molecule has 3 aromatic rings. The van der Waals surface area contributed by atoms with E-state index in [0.29, 0.717) is 18.4 Å². The van der Waals surface area contributed by atoms with Gasteiger partial charge >= 0.3 is 0 Å². The molecule has 0 fully saturated rings. The number of para-hydroxylation sites is 1. The van der Waals surface area contributed by atoms with E-state index in [9.17, 15) is 5.11 Å². The molecule has 0 aliphatic rings.